The number of imide groups is 1. The van der Waals surface area contributed by atoms with Gasteiger partial charge >= 0.3 is 6.03 Å². The lowest BCUT2D eigenvalue weighted by Gasteiger charge is -2.36. The monoisotopic (exact) mass is 405 g/mol. The topological polar surface area (TPSA) is 103 Å². The number of benzene rings is 1. The molecule has 10 heteroatoms. The number of fused-ring (bicyclic) bond motifs is 1. The molecule has 0 radical (unpaired) electrons. The zero-order valence-corrected chi connectivity index (χ0v) is 16.6. The van der Waals surface area contributed by atoms with Crippen LogP contribution in [0.2, 0.25) is 0 Å². The molecular weight excluding hydrogens is 382 g/mol. The Balaban J connectivity index is 1.68. The third kappa shape index (κ3) is 4.45. The molecule has 0 saturated carbocycles. The molecule has 2 atom stereocenters. The van der Waals surface area contributed by atoms with E-state index >= 15 is 0 Å². The van der Waals surface area contributed by atoms with Gasteiger partial charge in [-0.05, 0) is 19.1 Å². The first-order valence-electron chi connectivity index (χ1n) is 8.98. The van der Waals surface area contributed by atoms with Gasteiger partial charge in [0.2, 0.25) is 5.91 Å². The second-order valence-corrected chi connectivity index (χ2v) is 7.21. The van der Waals surface area contributed by atoms with E-state index in [2.05, 4.69) is 15.6 Å². The minimum atomic E-state index is -0.622. The summed E-state index contributed by atoms with van der Waals surface area (Å²) in [4.78, 5) is 44.3. The first-order valence-corrected chi connectivity index (χ1v) is 9.97. The maximum Gasteiger partial charge on any atom is 0.325 e. The highest BCUT2D eigenvalue weighted by Crippen LogP contribution is 2.28. The molecule has 1 fully saturated rings. The Hall–Kier alpha value is -2.59. The zero-order chi connectivity index (χ0) is 20.1. The molecule has 1 aromatic rings. The third-order valence-corrected chi connectivity index (χ3v) is 5.40. The summed E-state index contributed by atoms with van der Waals surface area (Å²) in [6.45, 7) is 3.31. The van der Waals surface area contributed by atoms with Gasteiger partial charge in [0.05, 0.1) is 12.4 Å². The van der Waals surface area contributed by atoms with Crippen LogP contribution in [-0.4, -0.2) is 77.6 Å². The number of nitrogens with one attached hydrogen (secondary N) is 2. The highest BCUT2D eigenvalue weighted by atomic mass is 32.2. The number of carbonyl (C=O) groups is 3. The van der Waals surface area contributed by atoms with Gasteiger partial charge in [0.25, 0.3) is 5.91 Å². The number of likely N-dealkylation sites (N-methyl/N-ethyl adjacent to an activating group) is 1. The van der Waals surface area contributed by atoms with Gasteiger partial charge in [0.1, 0.15) is 0 Å². The van der Waals surface area contributed by atoms with Gasteiger partial charge in [-0.1, -0.05) is 30.0 Å². The van der Waals surface area contributed by atoms with E-state index < -0.39 is 24.1 Å². The number of anilines is 1. The summed E-state index contributed by atoms with van der Waals surface area (Å²) in [7, 11) is 1.60. The average Bonchev–Trinajstić information content (AvgIpc) is 3.05. The molecule has 2 aliphatic rings. The van der Waals surface area contributed by atoms with E-state index in [0.29, 0.717) is 30.6 Å². The van der Waals surface area contributed by atoms with Gasteiger partial charge in [-0.3, -0.25) is 14.9 Å². The number of rotatable bonds is 7. The highest BCUT2D eigenvalue weighted by molar-refractivity contribution is 8.14. The molecule has 2 heterocycles. The SMILES string of the molecule is CCOCCN1C(SCC(=O)Nc2ccccc2)=NC2C1C(=O)NC(=O)N2C. The van der Waals surface area contributed by atoms with Crippen LogP contribution in [0.3, 0.4) is 0 Å². The van der Waals surface area contributed by atoms with Gasteiger partial charge in [0.15, 0.2) is 17.4 Å². The summed E-state index contributed by atoms with van der Waals surface area (Å²) >= 11 is 1.24. The number of amides is 4. The first kappa shape index (κ1) is 20.2. The molecule has 2 unspecified atom stereocenters. The van der Waals surface area contributed by atoms with Crippen molar-refractivity contribution in [2.75, 3.05) is 37.9 Å². The van der Waals surface area contributed by atoms with Crippen molar-refractivity contribution in [1.29, 1.82) is 0 Å². The number of aliphatic imine (C=N–C) groups is 1. The number of para-hydroxylation sites is 1. The van der Waals surface area contributed by atoms with Gasteiger partial charge in [-0.15, -0.1) is 0 Å². The summed E-state index contributed by atoms with van der Waals surface area (Å²) in [5.74, 6) is -0.428. The molecule has 2 N–H and O–H groups in total. The number of nitrogens with zero attached hydrogens (tertiary/aromatic N) is 3. The van der Waals surface area contributed by atoms with Crippen LogP contribution in [0.5, 0.6) is 0 Å². The molecule has 28 heavy (non-hydrogen) atoms. The molecule has 1 saturated heterocycles. The molecule has 0 bridgehead atoms. The quantitative estimate of drug-likeness (QED) is 0.655. The number of hydrogen-bond acceptors (Lipinski definition) is 7. The van der Waals surface area contributed by atoms with Crippen molar-refractivity contribution in [1.82, 2.24) is 15.1 Å². The molecule has 3 rings (SSSR count). The van der Waals surface area contributed by atoms with Crippen molar-refractivity contribution in [3.63, 3.8) is 0 Å². The molecule has 0 spiro atoms. The molecule has 1 aromatic carbocycles. The Morgan fingerprint density at radius 2 is 2.07 bits per heavy atom. The van der Waals surface area contributed by atoms with Crippen LogP contribution >= 0.6 is 11.8 Å². The molecule has 0 aliphatic carbocycles. The number of amidine groups is 1. The normalized spacial score (nSPS) is 21.3. The second kappa shape index (κ2) is 9.07. The maximum atomic E-state index is 12.4. The summed E-state index contributed by atoms with van der Waals surface area (Å²) in [6.07, 6.45) is -0.609. The second-order valence-electron chi connectivity index (χ2n) is 6.27. The largest absolute Gasteiger partial charge is 0.380 e. The van der Waals surface area contributed by atoms with E-state index in [1.165, 1.54) is 16.7 Å². The van der Waals surface area contributed by atoms with Crippen LogP contribution in [0.15, 0.2) is 35.3 Å². The maximum absolute atomic E-state index is 12.4. The van der Waals surface area contributed by atoms with Crippen LogP contribution in [0.25, 0.3) is 0 Å². The minimum Gasteiger partial charge on any atom is -0.380 e. The Labute approximate surface area is 167 Å². The predicted molar refractivity (Wildman–Crippen MR) is 107 cm³/mol. The molecular formula is C18H23N5O4S. The number of thioether (sulfide) groups is 1. The average molecular weight is 405 g/mol. The van der Waals surface area contributed by atoms with E-state index in [4.69, 9.17) is 4.74 Å². The van der Waals surface area contributed by atoms with Crippen LogP contribution in [-0.2, 0) is 14.3 Å². The van der Waals surface area contributed by atoms with Gasteiger partial charge in [-0.2, -0.15) is 0 Å². The van der Waals surface area contributed by atoms with Crippen LogP contribution in [0.4, 0.5) is 10.5 Å². The lowest BCUT2D eigenvalue weighted by Crippen LogP contribution is -2.63. The van der Waals surface area contributed by atoms with E-state index in [9.17, 15) is 14.4 Å². The highest BCUT2D eigenvalue weighted by Gasteiger charge is 2.48. The van der Waals surface area contributed by atoms with Crippen molar-refractivity contribution in [3.05, 3.63) is 30.3 Å². The van der Waals surface area contributed by atoms with Crippen LogP contribution < -0.4 is 10.6 Å². The number of ether oxygens (including phenoxy) is 1. The Kier molecular flexibility index (Phi) is 6.53. The van der Waals surface area contributed by atoms with Crippen molar-refractivity contribution in [2.24, 2.45) is 4.99 Å². The molecule has 0 aromatic heterocycles. The summed E-state index contributed by atoms with van der Waals surface area (Å²) in [5, 5.41) is 5.71. The van der Waals surface area contributed by atoms with E-state index in [1.54, 1.807) is 11.9 Å². The van der Waals surface area contributed by atoms with Gasteiger partial charge in [0, 0.05) is 25.9 Å². The fraction of sp³-hybridized carbons (Fsp3) is 0.444. The van der Waals surface area contributed by atoms with E-state index in [0.717, 1.165) is 0 Å². The van der Waals surface area contributed by atoms with Crippen molar-refractivity contribution in [3.8, 4) is 0 Å². The number of urea groups is 1. The first-order chi connectivity index (χ1) is 13.5. The number of carbonyl (C=O) groups excluding carboxylic acids is 3. The lowest BCUT2D eigenvalue weighted by molar-refractivity contribution is -0.127. The fourth-order valence-electron chi connectivity index (χ4n) is 3.01. The summed E-state index contributed by atoms with van der Waals surface area (Å²) in [6, 6.07) is 8.08. The fourth-order valence-corrected chi connectivity index (χ4v) is 3.90. The molecule has 2 aliphatic heterocycles. The van der Waals surface area contributed by atoms with E-state index in [1.807, 2.05) is 37.3 Å². The Morgan fingerprint density at radius 3 is 2.79 bits per heavy atom. The van der Waals surface area contributed by atoms with Crippen molar-refractivity contribution in [2.45, 2.75) is 19.1 Å². The molecule has 9 nitrogen and oxygen atoms in total. The smallest absolute Gasteiger partial charge is 0.325 e. The Bertz CT molecular complexity index is 772. The minimum absolute atomic E-state index is 0.136. The van der Waals surface area contributed by atoms with Crippen LogP contribution in [0, 0.1) is 0 Å². The van der Waals surface area contributed by atoms with Crippen LogP contribution in [0.1, 0.15) is 6.92 Å². The lowest BCUT2D eigenvalue weighted by atomic mass is 10.1. The molecule has 4 amide bonds. The summed E-state index contributed by atoms with van der Waals surface area (Å²) in [5.41, 5.74) is 0.716. The number of hydrogen-bond donors (Lipinski definition) is 2. The Morgan fingerprint density at radius 1 is 1.32 bits per heavy atom. The predicted octanol–water partition coefficient (Wildman–Crippen LogP) is 0.943. The van der Waals surface area contributed by atoms with Gasteiger partial charge < -0.3 is 19.9 Å². The zero-order valence-electron chi connectivity index (χ0n) is 15.8. The summed E-state index contributed by atoms with van der Waals surface area (Å²) < 4.78 is 5.41. The van der Waals surface area contributed by atoms with E-state index in [-0.39, 0.29) is 11.7 Å². The standard InChI is InChI=1S/C18H23N5O4S/c1-3-27-10-9-23-14-15(22(2)17(26)21-16(14)25)20-18(23)28-11-13(24)19-12-7-5-4-6-8-12/h4-8,14-15H,3,9-11H2,1-2H3,(H,19,24)(H,21,25,26). The van der Waals surface area contributed by atoms with Crippen molar-refractivity contribution >= 4 is 40.5 Å². The molecule has 150 valence electrons. The third-order valence-electron chi connectivity index (χ3n) is 4.39. The van der Waals surface area contributed by atoms with Gasteiger partial charge in [-0.25, -0.2) is 9.79 Å². The van der Waals surface area contributed by atoms with Crippen molar-refractivity contribution < 1.29 is 19.1 Å².